The van der Waals surface area contributed by atoms with Crippen LogP contribution < -0.4 is 0 Å². The molecule has 0 aliphatic heterocycles. The molecule has 0 bridgehead atoms. The molecule has 1 aromatic rings. The Morgan fingerprint density at radius 3 is 1.73 bits per heavy atom. The minimum Gasteiger partial charge on any atom is -0.388 e. The first kappa shape index (κ1) is 10.7. The molecule has 0 heterocycles. The van der Waals surface area contributed by atoms with Crippen LogP contribution in [0.5, 0.6) is 0 Å². The fraction of sp³-hybridized carbons (Fsp3) is 0.538. The van der Waals surface area contributed by atoms with E-state index in [0.29, 0.717) is 0 Å². The summed E-state index contributed by atoms with van der Waals surface area (Å²) in [5.74, 6) is 0.414. The van der Waals surface area contributed by atoms with Crippen LogP contribution in [0.3, 0.4) is 0 Å². The van der Waals surface area contributed by atoms with Crippen molar-refractivity contribution in [1.82, 2.24) is 0 Å². The molecule has 4 unspecified atom stereocenters. The lowest BCUT2D eigenvalue weighted by Crippen LogP contribution is -2.10. The van der Waals surface area contributed by atoms with Crippen molar-refractivity contribution >= 4 is 0 Å². The predicted octanol–water partition coefficient (Wildman–Crippen LogP) is 2.43. The summed E-state index contributed by atoms with van der Waals surface area (Å²) in [7, 11) is 0. The van der Waals surface area contributed by atoms with Gasteiger partial charge in [0.2, 0.25) is 0 Å². The Morgan fingerprint density at radius 2 is 1.33 bits per heavy atom. The van der Waals surface area contributed by atoms with Crippen LogP contribution >= 0.6 is 0 Å². The van der Waals surface area contributed by atoms with E-state index in [0.717, 1.165) is 17.5 Å². The smallest absolute Gasteiger partial charge is 0.0819 e. The summed E-state index contributed by atoms with van der Waals surface area (Å²) in [6, 6.07) is 7.66. The summed E-state index contributed by atoms with van der Waals surface area (Å²) in [5.41, 5.74) is 1.78. The predicted molar refractivity (Wildman–Crippen MR) is 59.3 cm³/mol. The monoisotopic (exact) mass is 206 g/mol. The van der Waals surface area contributed by atoms with Gasteiger partial charge in [-0.1, -0.05) is 38.1 Å². The van der Waals surface area contributed by atoms with Gasteiger partial charge in [-0.05, 0) is 29.4 Å². The molecular weight excluding hydrogens is 188 g/mol. The van der Waals surface area contributed by atoms with Crippen LogP contribution in [0.15, 0.2) is 24.3 Å². The number of aliphatic hydroxyl groups excluding tert-OH is 2. The second-order valence-corrected chi connectivity index (χ2v) is 4.71. The molecule has 0 saturated carbocycles. The van der Waals surface area contributed by atoms with Crippen molar-refractivity contribution in [2.45, 2.75) is 32.5 Å². The molecule has 82 valence electrons. The molecule has 0 amide bonds. The van der Waals surface area contributed by atoms with Crippen molar-refractivity contribution in [3.05, 3.63) is 35.4 Å². The molecule has 0 spiro atoms. The molecule has 0 fully saturated rings. The summed E-state index contributed by atoms with van der Waals surface area (Å²) in [6.07, 6.45) is -0.0293. The third-order valence-electron chi connectivity index (χ3n) is 3.45. The number of rotatable bonds is 0. The van der Waals surface area contributed by atoms with Gasteiger partial charge in [-0.25, -0.2) is 0 Å². The number of fused-ring (bicyclic) bond motifs is 1. The van der Waals surface area contributed by atoms with E-state index < -0.39 is 12.2 Å². The zero-order chi connectivity index (χ0) is 11.0. The number of hydrogen-bond acceptors (Lipinski definition) is 2. The van der Waals surface area contributed by atoms with Gasteiger partial charge in [0.1, 0.15) is 0 Å². The van der Waals surface area contributed by atoms with Gasteiger partial charge in [0.15, 0.2) is 0 Å². The summed E-state index contributed by atoms with van der Waals surface area (Å²) in [4.78, 5) is 0. The Balaban J connectivity index is 2.49. The van der Waals surface area contributed by atoms with E-state index in [4.69, 9.17) is 0 Å². The number of hydrogen-bond donors (Lipinski definition) is 2. The quantitative estimate of drug-likeness (QED) is 0.640. The summed E-state index contributed by atoms with van der Waals surface area (Å²) in [6.45, 7) is 4.08. The van der Waals surface area contributed by atoms with Crippen LogP contribution in [0.2, 0.25) is 0 Å². The van der Waals surface area contributed by atoms with E-state index in [2.05, 4.69) is 0 Å². The molecule has 1 aromatic carbocycles. The van der Waals surface area contributed by atoms with Crippen molar-refractivity contribution in [1.29, 1.82) is 0 Å². The van der Waals surface area contributed by atoms with Crippen molar-refractivity contribution < 1.29 is 10.2 Å². The second kappa shape index (κ2) is 3.95. The second-order valence-electron chi connectivity index (χ2n) is 4.71. The highest BCUT2D eigenvalue weighted by Gasteiger charge is 2.31. The lowest BCUT2D eigenvalue weighted by molar-refractivity contribution is 0.0840. The fourth-order valence-electron chi connectivity index (χ4n) is 2.51. The average molecular weight is 206 g/mol. The molecule has 15 heavy (non-hydrogen) atoms. The maximum Gasteiger partial charge on any atom is 0.0819 e. The number of benzene rings is 1. The molecular formula is C13H18O2. The van der Waals surface area contributed by atoms with Crippen LogP contribution in [0, 0.1) is 11.8 Å². The van der Waals surface area contributed by atoms with E-state index in [1.165, 1.54) is 0 Å². The molecule has 4 atom stereocenters. The lowest BCUT2D eigenvalue weighted by atomic mass is 9.92. The van der Waals surface area contributed by atoms with Gasteiger partial charge in [-0.2, -0.15) is 0 Å². The van der Waals surface area contributed by atoms with E-state index in [1.54, 1.807) is 0 Å². The molecule has 2 rings (SSSR count). The molecule has 1 aliphatic rings. The SMILES string of the molecule is CC1CC(C)C(O)c2ccccc2C1O. The first-order valence-corrected chi connectivity index (χ1v) is 5.56. The zero-order valence-corrected chi connectivity index (χ0v) is 9.22. The highest BCUT2D eigenvalue weighted by molar-refractivity contribution is 5.32. The van der Waals surface area contributed by atoms with Crippen LogP contribution in [-0.4, -0.2) is 10.2 Å². The maximum absolute atomic E-state index is 10.1. The van der Waals surface area contributed by atoms with Gasteiger partial charge in [0.05, 0.1) is 12.2 Å². The minimum atomic E-state index is -0.444. The van der Waals surface area contributed by atoms with E-state index >= 15 is 0 Å². The normalized spacial score (nSPS) is 35.7. The summed E-state index contributed by atoms with van der Waals surface area (Å²) in [5, 5.41) is 20.3. The fourth-order valence-corrected chi connectivity index (χ4v) is 2.51. The highest BCUT2D eigenvalue weighted by atomic mass is 16.3. The Hall–Kier alpha value is -0.860. The largest absolute Gasteiger partial charge is 0.388 e. The van der Waals surface area contributed by atoms with Gasteiger partial charge in [-0.15, -0.1) is 0 Å². The van der Waals surface area contributed by atoms with Gasteiger partial charge in [-0.3, -0.25) is 0 Å². The van der Waals surface area contributed by atoms with Crippen molar-refractivity contribution in [3.8, 4) is 0 Å². The molecule has 2 nitrogen and oxygen atoms in total. The Kier molecular flexibility index (Phi) is 2.81. The number of aliphatic hydroxyl groups is 2. The van der Waals surface area contributed by atoms with Gasteiger partial charge < -0.3 is 10.2 Å². The van der Waals surface area contributed by atoms with Gasteiger partial charge >= 0.3 is 0 Å². The Morgan fingerprint density at radius 1 is 0.933 bits per heavy atom. The van der Waals surface area contributed by atoms with E-state index in [1.807, 2.05) is 38.1 Å². The highest BCUT2D eigenvalue weighted by Crippen LogP contribution is 2.40. The first-order chi connectivity index (χ1) is 7.11. The van der Waals surface area contributed by atoms with Crippen molar-refractivity contribution in [3.63, 3.8) is 0 Å². The van der Waals surface area contributed by atoms with E-state index in [9.17, 15) is 10.2 Å². The summed E-state index contributed by atoms with van der Waals surface area (Å²) >= 11 is 0. The molecule has 0 radical (unpaired) electrons. The topological polar surface area (TPSA) is 40.5 Å². The standard InChI is InChI=1S/C13H18O2/c1-8-7-9(2)13(15)11-6-4-3-5-10(11)12(8)14/h3-6,8-9,12-15H,7H2,1-2H3. The molecule has 1 aliphatic carbocycles. The third kappa shape index (κ3) is 1.80. The van der Waals surface area contributed by atoms with Crippen LogP contribution in [0.4, 0.5) is 0 Å². The zero-order valence-electron chi connectivity index (χ0n) is 9.22. The lowest BCUT2D eigenvalue weighted by Gasteiger charge is -2.18. The van der Waals surface area contributed by atoms with Gasteiger partial charge in [0.25, 0.3) is 0 Å². The van der Waals surface area contributed by atoms with Crippen molar-refractivity contribution in [2.75, 3.05) is 0 Å². The minimum absolute atomic E-state index is 0.207. The Labute approximate surface area is 90.6 Å². The van der Waals surface area contributed by atoms with Crippen LogP contribution in [0.1, 0.15) is 43.6 Å². The Bertz CT molecular complexity index is 315. The van der Waals surface area contributed by atoms with Crippen molar-refractivity contribution in [2.24, 2.45) is 11.8 Å². The first-order valence-electron chi connectivity index (χ1n) is 5.56. The third-order valence-corrected chi connectivity index (χ3v) is 3.45. The molecule has 0 saturated heterocycles. The van der Waals surface area contributed by atoms with Gasteiger partial charge in [0, 0.05) is 0 Å². The van der Waals surface area contributed by atoms with Crippen LogP contribution in [-0.2, 0) is 0 Å². The van der Waals surface area contributed by atoms with Crippen LogP contribution in [0.25, 0.3) is 0 Å². The molecule has 2 N–H and O–H groups in total. The average Bonchev–Trinajstić information content (AvgIpc) is 2.33. The molecule has 2 heteroatoms. The maximum atomic E-state index is 10.1. The van der Waals surface area contributed by atoms with E-state index in [-0.39, 0.29) is 11.8 Å². The molecule has 0 aromatic heterocycles. The summed E-state index contributed by atoms with van der Waals surface area (Å²) < 4.78 is 0.